The molecule has 1 saturated heterocycles. The van der Waals surface area contributed by atoms with Crippen molar-refractivity contribution in [3.8, 4) is 0 Å². The Morgan fingerprint density at radius 3 is 2.56 bits per heavy atom. The maximum absolute atomic E-state index is 14.4. The van der Waals surface area contributed by atoms with Crippen molar-refractivity contribution in [2.75, 3.05) is 23.3 Å². The highest BCUT2D eigenvalue weighted by Crippen LogP contribution is 2.39. The topological polar surface area (TPSA) is 58.1 Å². The molecule has 5 rings (SSSR count). The molecule has 1 aliphatic heterocycles. The van der Waals surface area contributed by atoms with Crippen molar-refractivity contribution in [1.82, 2.24) is 9.97 Å². The summed E-state index contributed by atoms with van der Waals surface area (Å²) >= 11 is 1.52. The Kier molecular flexibility index (Phi) is 5.29. The van der Waals surface area contributed by atoms with Crippen molar-refractivity contribution in [2.45, 2.75) is 33.6 Å². The van der Waals surface area contributed by atoms with Gasteiger partial charge in [0, 0.05) is 29.4 Å². The zero-order valence-corrected chi connectivity index (χ0v) is 19.2. The summed E-state index contributed by atoms with van der Waals surface area (Å²) in [4.78, 5) is 24.1. The molecule has 1 fully saturated rings. The number of aryl methyl sites for hydroxylation is 3. The molecular formula is C25H25FN4OS. The van der Waals surface area contributed by atoms with Crippen LogP contribution in [0, 0.1) is 32.5 Å². The average molecular weight is 449 g/mol. The number of halogens is 1. The summed E-state index contributed by atoms with van der Waals surface area (Å²) in [5.41, 5.74) is 4.97. The van der Waals surface area contributed by atoms with Gasteiger partial charge in [-0.1, -0.05) is 23.8 Å². The summed E-state index contributed by atoms with van der Waals surface area (Å²) in [5, 5.41) is 3.73. The largest absolute Gasteiger partial charge is 0.355 e. The Hall–Kier alpha value is -3.06. The first kappa shape index (κ1) is 20.8. The Morgan fingerprint density at radius 2 is 1.84 bits per heavy atom. The van der Waals surface area contributed by atoms with Crippen LogP contribution in [0.2, 0.25) is 0 Å². The second-order valence-electron chi connectivity index (χ2n) is 8.61. The number of fused-ring (bicyclic) bond motifs is 3. The highest BCUT2D eigenvalue weighted by Gasteiger charge is 2.28. The van der Waals surface area contributed by atoms with E-state index in [1.54, 1.807) is 6.07 Å². The highest BCUT2D eigenvalue weighted by molar-refractivity contribution is 7.26. The molecular weight excluding hydrogens is 423 g/mol. The van der Waals surface area contributed by atoms with Crippen LogP contribution >= 0.6 is 11.3 Å². The first-order chi connectivity index (χ1) is 15.4. The van der Waals surface area contributed by atoms with E-state index in [2.05, 4.69) is 39.2 Å². The van der Waals surface area contributed by atoms with E-state index >= 15 is 0 Å². The van der Waals surface area contributed by atoms with E-state index in [4.69, 9.17) is 0 Å². The Bertz CT molecular complexity index is 1320. The molecule has 2 aromatic heterocycles. The van der Waals surface area contributed by atoms with Crippen LogP contribution in [0.5, 0.6) is 0 Å². The van der Waals surface area contributed by atoms with Gasteiger partial charge in [0.25, 0.3) is 0 Å². The van der Waals surface area contributed by atoms with Crippen LogP contribution in [-0.4, -0.2) is 29.0 Å². The Labute approximate surface area is 190 Å². The molecule has 0 radical (unpaired) electrons. The molecule has 3 heterocycles. The molecule has 0 aliphatic carbocycles. The number of hydrogen-bond donors (Lipinski definition) is 1. The van der Waals surface area contributed by atoms with E-state index in [0.717, 1.165) is 58.0 Å². The highest BCUT2D eigenvalue weighted by atomic mass is 32.1. The number of piperidine rings is 1. The third kappa shape index (κ3) is 3.60. The maximum Gasteiger partial charge on any atom is 0.227 e. The molecule has 7 heteroatoms. The molecule has 0 unspecified atom stereocenters. The molecule has 0 saturated carbocycles. The minimum Gasteiger partial charge on any atom is -0.355 e. The summed E-state index contributed by atoms with van der Waals surface area (Å²) < 4.78 is 16.2. The lowest BCUT2D eigenvalue weighted by atomic mass is 9.95. The lowest BCUT2D eigenvalue weighted by molar-refractivity contribution is -0.120. The van der Waals surface area contributed by atoms with E-state index in [-0.39, 0.29) is 17.6 Å². The van der Waals surface area contributed by atoms with Crippen LogP contribution in [0.4, 0.5) is 15.9 Å². The van der Waals surface area contributed by atoms with Gasteiger partial charge < -0.3 is 10.2 Å². The van der Waals surface area contributed by atoms with Gasteiger partial charge in [-0.2, -0.15) is 0 Å². The van der Waals surface area contributed by atoms with E-state index in [1.807, 2.05) is 19.9 Å². The van der Waals surface area contributed by atoms with E-state index in [9.17, 15) is 9.18 Å². The number of anilines is 2. The van der Waals surface area contributed by atoms with Gasteiger partial charge in [0.15, 0.2) is 0 Å². The number of rotatable bonds is 3. The van der Waals surface area contributed by atoms with Crippen LogP contribution in [0.3, 0.4) is 0 Å². The van der Waals surface area contributed by atoms with Gasteiger partial charge in [0.2, 0.25) is 5.91 Å². The number of amides is 1. The molecule has 0 bridgehead atoms. The molecule has 5 nitrogen and oxygen atoms in total. The van der Waals surface area contributed by atoms with Crippen LogP contribution < -0.4 is 10.2 Å². The molecule has 1 aliphatic rings. The molecule has 0 atom stereocenters. The predicted molar refractivity (Wildman–Crippen MR) is 129 cm³/mol. The first-order valence-electron chi connectivity index (χ1n) is 10.9. The fourth-order valence-electron chi connectivity index (χ4n) is 4.75. The number of aromatic nitrogens is 2. The predicted octanol–water partition coefficient (Wildman–Crippen LogP) is 5.76. The zero-order chi connectivity index (χ0) is 22.4. The summed E-state index contributed by atoms with van der Waals surface area (Å²) in [6, 6.07) is 9.30. The number of nitrogens with zero attached hydrogens (tertiary/aromatic N) is 3. The monoisotopic (exact) mass is 448 g/mol. The van der Waals surface area contributed by atoms with Gasteiger partial charge in [0.05, 0.1) is 15.6 Å². The SMILES string of the molecule is Cc1cc(C)c(NC(=O)C2CCN(c3ncnc4c3sc3cccc(F)c34)CC2)c(C)c1. The van der Waals surface area contributed by atoms with Crippen LogP contribution in [0.1, 0.15) is 29.5 Å². The first-order valence-corrected chi connectivity index (χ1v) is 11.7. The average Bonchev–Trinajstić information content (AvgIpc) is 3.16. The fraction of sp³-hybridized carbons (Fsp3) is 0.320. The third-order valence-corrected chi connectivity index (χ3v) is 7.44. The minimum absolute atomic E-state index is 0.0384. The summed E-state index contributed by atoms with van der Waals surface area (Å²) in [6.45, 7) is 7.59. The van der Waals surface area contributed by atoms with Gasteiger partial charge in [-0.05, 0) is 56.9 Å². The van der Waals surface area contributed by atoms with Gasteiger partial charge >= 0.3 is 0 Å². The number of hydrogen-bond acceptors (Lipinski definition) is 5. The number of thiophene rings is 1. The van der Waals surface area contributed by atoms with Gasteiger partial charge in [-0.15, -0.1) is 11.3 Å². The van der Waals surface area contributed by atoms with E-state index in [1.165, 1.54) is 29.3 Å². The summed E-state index contributed by atoms with van der Waals surface area (Å²) in [5.74, 6) is 0.621. The molecule has 4 aromatic rings. The second-order valence-corrected chi connectivity index (χ2v) is 9.67. The summed E-state index contributed by atoms with van der Waals surface area (Å²) in [7, 11) is 0. The van der Waals surface area contributed by atoms with Crippen molar-refractivity contribution in [1.29, 1.82) is 0 Å². The Balaban J connectivity index is 1.34. The number of carbonyl (C=O) groups excluding carboxylic acids is 1. The molecule has 1 amide bonds. The van der Waals surface area contributed by atoms with E-state index in [0.29, 0.717) is 10.9 Å². The van der Waals surface area contributed by atoms with Crippen molar-refractivity contribution in [2.24, 2.45) is 5.92 Å². The Morgan fingerprint density at radius 1 is 1.12 bits per heavy atom. The van der Waals surface area contributed by atoms with Crippen LogP contribution in [-0.2, 0) is 4.79 Å². The quantitative estimate of drug-likeness (QED) is 0.433. The fourth-order valence-corrected chi connectivity index (χ4v) is 5.93. The molecule has 1 N–H and O–H groups in total. The molecule has 2 aromatic carbocycles. The molecule has 32 heavy (non-hydrogen) atoms. The second kappa shape index (κ2) is 8.13. The van der Waals surface area contributed by atoms with Gasteiger partial charge in [0.1, 0.15) is 18.0 Å². The van der Waals surface area contributed by atoms with Gasteiger partial charge in [-0.3, -0.25) is 4.79 Å². The third-order valence-electron chi connectivity index (χ3n) is 6.30. The lowest BCUT2D eigenvalue weighted by Crippen LogP contribution is -2.38. The van der Waals surface area contributed by atoms with Crippen molar-refractivity contribution >= 4 is 49.1 Å². The van der Waals surface area contributed by atoms with Crippen LogP contribution in [0.15, 0.2) is 36.7 Å². The van der Waals surface area contributed by atoms with Crippen molar-refractivity contribution in [3.05, 3.63) is 59.2 Å². The van der Waals surface area contributed by atoms with Crippen LogP contribution in [0.25, 0.3) is 20.3 Å². The standard InChI is InChI=1S/C25H25FN4OS/c1-14-11-15(2)21(16(3)12-14)29-25(31)17-7-9-30(10-8-17)24-23-22(27-13-28-24)20-18(26)5-4-6-19(20)32-23/h4-6,11-13,17H,7-10H2,1-3H3,(H,29,31). The minimum atomic E-state index is -0.254. The van der Waals surface area contributed by atoms with E-state index < -0.39 is 0 Å². The number of nitrogens with one attached hydrogen (secondary N) is 1. The van der Waals surface area contributed by atoms with Gasteiger partial charge in [-0.25, -0.2) is 14.4 Å². The zero-order valence-electron chi connectivity index (χ0n) is 18.4. The molecule has 164 valence electrons. The van der Waals surface area contributed by atoms with Crippen molar-refractivity contribution < 1.29 is 9.18 Å². The molecule has 0 spiro atoms. The normalized spacial score (nSPS) is 14.9. The number of benzene rings is 2. The smallest absolute Gasteiger partial charge is 0.227 e. The summed E-state index contributed by atoms with van der Waals surface area (Å²) in [6.07, 6.45) is 3.01. The van der Waals surface area contributed by atoms with Crippen molar-refractivity contribution in [3.63, 3.8) is 0 Å². The maximum atomic E-state index is 14.4. The lowest BCUT2D eigenvalue weighted by Gasteiger charge is -2.32. The number of carbonyl (C=O) groups is 1.